The number of aromatic nitrogens is 1. The van der Waals surface area contributed by atoms with Crippen molar-refractivity contribution in [2.75, 3.05) is 12.4 Å². The molecule has 1 rings (SSSR count). The summed E-state index contributed by atoms with van der Waals surface area (Å²) >= 11 is 1.64. The zero-order chi connectivity index (χ0) is 12.7. The van der Waals surface area contributed by atoms with Crippen LogP contribution in [-0.4, -0.2) is 22.5 Å². The van der Waals surface area contributed by atoms with Gasteiger partial charge in [-0.3, -0.25) is 0 Å². The molecule has 0 saturated carbocycles. The first-order valence-electron chi connectivity index (χ1n) is 5.81. The van der Waals surface area contributed by atoms with Gasteiger partial charge < -0.3 is 5.11 Å². The van der Waals surface area contributed by atoms with Gasteiger partial charge in [0.1, 0.15) is 11.1 Å². The Balaban J connectivity index is 2.61. The van der Waals surface area contributed by atoms with Crippen molar-refractivity contribution in [1.29, 1.82) is 5.26 Å². The number of aliphatic hydroxyl groups excluding tert-OH is 1. The third-order valence-corrected chi connectivity index (χ3v) is 3.53. The molecule has 1 N–H and O–H groups in total. The fourth-order valence-electron chi connectivity index (χ4n) is 1.60. The van der Waals surface area contributed by atoms with E-state index in [1.165, 1.54) is 0 Å². The summed E-state index contributed by atoms with van der Waals surface area (Å²) in [6.45, 7) is 4.16. The lowest BCUT2D eigenvalue weighted by Gasteiger charge is -2.06. The summed E-state index contributed by atoms with van der Waals surface area (Å²) in [5.41, 5.74) is 2.65. The molecule has 0 aliphatic heterocycles. The number of hydrogen-bond acceptors (Lipinski definition) is 4. The molecule has 4 heteroatoms. The maximum Gasteiger partial charge on any atom is 0.114 e. The third-order valence-electron chi connectivity index (χ3n) is 2.46. The molecule has 0 aliphatic carbocycles. The molecule has 1 heterocycles. The van der Waals surface area contributed by atoms with Gasteiger partial charge in [-0.2, -0.15) is 5.26 Å². The molecule has 1 aromatic rings. The first-order valence-corrected chi connectivity index (χ1v) is 6.79. The van der Waals surface area contributed by atoms with E-state index in [0.29, 0.717) is 5.56 Å². The van der Waals surface area contributed by atoms with Gasteiger partial charge in [-0.15, -0.1) is 11.8 Å². The topological polar surface area (TPSA) is 56.9 Å². The van der Waals surface area contributed by atoms with E-state index >= 15 is 0 Å². The van der Waals surface area contributed by atoms with Crippen LogP contribution in [0.1, 0.15) is 36.1 Å². The van der Waals surface area contributed by atoms with E-state index in [1.54, 1.807) is 11.8 Å². The van der Waals surface area contributed by atoms with Gasteiger partial charge >= 0.3 is 0 Å². The predicted molar refractivity (Wildman–Crippen MR) is 70.1 cm³/mol. The number of unbranched alkanes of at least 4 members (excludes halogenated alkanes) is 2. The maximum absolute atomic E-state index is 9.09. The largest absolute Gasteiger partial charge is 0.396 e. The van der Waals surface area contributed by atoms with E-state index in [4.69, 9.17) is 10.4 Å². The van der Waals surface area contributed by atoms with Gasteiger partial charge in [-0.05, 0) is 44.1 Å². The van der Waals surface area contributed by atoms with E-state index in [9.17, 15) is 0 Å². The second-order valence-corrected chi connectivity index (χ2v) is 5.09. The van der Waals surface area contributed by atoms with E-state index in [1.807, 2.05) is 19.9 Å². The molecule has 0 aromatic carbocycles. The van der Waals surface area contributed by atoms with Crippen molar-refractivity contribution in [3.8, 4) is 6.07 Å². The highest BCUT2D eigenvalue weighted by Gasteiger charge is 2.08. The van der Waals surface area contributed by atoms with E-state index < -0.39 is 0 Å². The molecule has 0 saturated heterocycles. The molecule has 0 spiro atoms. The lowest BCUT2D eigenvalue weighted by atomic mass is 10.1. The summed E-state index contributed by atoms with van der Waals surface area (Å²) in [5, 5.41) is 18.6. The minimum atomic E-state index is 0.260. The molecule has 0 atom stereocenters. The lowest BCUT2D eigenvalue weighted by Crippen LogP contribution is -1.95. The Hall–Kier alpha value is -1.05. The van der Waals surface area contributed by atoms with Crippen LogP contribution in [0.15, 0.2) is 11.1 Å². The second-order valence-electron chi connectivity index (χ2n) is 4.01. The molecular weight excluding hydrogens is 232 g/mol. The van der Waals surface area contributed by atoms with Crippen LogP contribution in [0.3, 0.4) is 0 Å². The number of rotatable bonds is 6. The molecule has 0 aliphatic rings. The highest BCUT2D eigenvalue weighted by atomic mass is 32.2. The van der Waals surface area contributed by atoms with Crippen LogP contribution in [0.5, 0.6) is 0 Å². The van der Waals surface area contributed by atoms with Crippen LogP contribution in [0.4, 0.5) is 0 Å². The SMILES string of the molecule is Cc1cc(C)c(C#N)c(SCCCCCO)n1. The minimum Gasteiger partial charge on any atom is -0.396 e. The van der Waals surface area contributed by atoms with Crippen LogP contribution in [0, 0.1) is 25.2 Å². The summed E-state index contributed by atoms with van der Waals surface area (Å²) in [7, 11) is 0. The summed E-state index contributed by atoms with van der Waals surface area (Å²) in [6.07, 6.45) is 2.92. The molecule has 0 amide bonds. The van der Waals surface area contributed by atoms with E-state index in [-0.39, 0.29) is 6.61 Å². The normalized spacial score (nSPS) is 10.2. The molecule has 92 valence electrons. The Kier molecular flexibility index (Phi) is 6.03. The van der Waals surface area contributed by atoms with Crippen LogP contribution < -0.4 is 0 Å². The van der Waals surface area contributed by atoms with Crippen molar-refractivity contribution in [2.45, 2.75) is 38.1 Å². The first kappa shape index (κ1) is 14.0. The fraction of sp³-hybridized carbons (Fsp3) is 0.538. The molecule has 0 unspecified atom stereocenters. The standard InChI is InChI=1S/C13H18N2OS/c1-10-8-11(2)15-13(12(10)9-14)17-7-5-3-4-6-16/h8,16H,3-7H2,1-2H3. The summed E-state index contributed by atoms with van der Waals surface area (Å²) in [5.74, 6) is 0.949. The highest BCUT2D eigenvalue weighted by Crippen LogP contribution is 2.24. The van der Waals surface area contributed by atoms with Gasteiger partial charge in [0.15, 0.2) is 0 Å². The van der Waals surface area contributed by atoms with Gasteiger partial charge in [-0.25, -0.2) is 4.98 Å². The van der Waals surface area contributed by atoms with E-state index in [2.05, 4.69) is 11.1 Å². The van der Waals surface area contributed by atoms with Crippen molar-refractivity contribution in [3.05, 3.63) is 22.9 Å². The first-order chi connectivity index (χ1) is 8.19. The van der Waals surface area contributed by atoms with Crippen LogP contribution in [-0.2, 0) is 0 Å². The number of nitrogens with zero attached hydrogens (tertiary/aromatic N) is 2. The van der Waals surface area contributed by atoms with E-state index in [0.717, 1.165) is 41.3 Å². The Morgan fingerprint density at radius 1 is 1.35 bits per heavy atom. The van der Waals surface area contributed by atoms with Crippen LogP contribution >= 0.6 is 11.8 Å². The van der Waals surface area contributed by atoms with Gasteiger partial charge in [0, 0.05) is 12.3 Å². The fourth-order valence-corrected chi connectivity index (χ4v) is 2.70. The van der Waals surface area contributed by atoms with Crippen molar-refractivity contribution in [2.24, 2.45) is 0 Å². The third kappa shape index (κ3) is 4.37. The smallest absolute Gasteiger partial charge is 0.114 e. The van der Waals surface area contributed by atoms with Crippen molar-refractivity contribution in [1.82, 2.24) is 4.98 Å². The monoisotopic (exact) mass is 250 g/mol. The minimum absolute atomic E-state index is 0.260. The Bertz CT molecular complexity index is 413. The van der Waals surface area contributed by atoms with Crippen LogP contribution in [0.25, 0.3) is 0 Å². The van der Waals surface area contributed by atoms with Crippen LogP contribution in [0.2, 0.25) is 0 Å². The number of thioether (sulfide) groups is 1. The number of hydrogen-bond donors (Lipinski definition) is 1. The number of nitriles is 1. The summed E-state index contributed by atoms with van der Waals surface area (Å²) < 4.78 is 0. The zero-order valence-electron chi connectivity index (χ0n) is 10.4. The Morgan fingerprint density at radius 3 is 2.76 bits per heavy atom. The molecule has 0 radical (unpaired) electrons. The Labute approximate surface area is 107 Å². The molecule has 17 heavy (non-hydrogen) atoms. The van der Waals surface area contributed by atoms with Crippen molar-refractivity contribution < 1.29 is 5.11 Å². The van der Waals surface area contributed by atoms with Gasteiger partial charge in [0.25, 0.3) is 0 Å². The second kappa shape index (κ2) is 7.31. The summed E-state index contributed by atoms with van der Waals surface area (Å²) in [4.78, 5) is 4.41. The predicted octanol–water partition coefficient (Wildman–Crippen LogP) is 2.82. The molecular formula is C13H18N2OS. The van der Waals surface area contributed by atoms with Gasteiger partial charge in [0.2, 0.25) is 0 Å². The number of aliphatic hydroxyl groups is 1. The quantitative estimate of drug-likeness (QED) is 0.623. The molecule has 3 nitrogen and oxygen atoms in total. The van der Waals surface area contributed by atoms with Crippen molar-refractivity contribution in [3.63, 3.8) is 0 Å². The van der Waals surface area contributed by atoms with Gasteiger partial charge in [0.05, 0.1) is 5.56 Å². The number of aryl methyl sites for hydroxylation is 2. The molecule has 1 aromatic heterocycles. The summed E-state index contributed by atoms with van der Waals surface area (Å²) in [6, 6.07) is 4.16. The van der Waals surface area contributed by atoms with Crippen molar-refractivity contribution >= 4 is 11.8 Å². The lowest BCUT2D eigenvalue weighted by molar-refractivity contribution is 0.284. The van der Waals surface area contributed by atoms with Gasteiger partial charge in [-0.1, -0.05) is 6.42 Å². The number of pyridine rings is 1. The average molecular weight is 250 g/mol. The maximum atomic E-state index is 9.09. The zero-order valence-corrected chi connectivity index (χ0v) is 11.2. The molecule has 0 fully saturated rings. The average Bonchev–Trinajstić information content (AvgIpc) is 2.28. The molecule has 0 bridgehead atoms. The Morgan fingerprint density at radius 2 is 2.12 bits per heavy atom. The highest BCUT2D eigenvalue weighted by molar-refractivity contribution is 7.99.